The fourth-order valence-electron chi connectivity index (χ4n) is 3.56. The molecule has 0 fully saturated rings. The summed E-state index contributed by atoms with van der Waals surface area (Å²) in [6, 6.07) is 15.3. The van der Waals surface area contributed by atoms with Crippen molar-refractivity contribution in [3.63, 3.8) is 0 Å². The lowest BCUT2D eigenvalue weighted by Gasteiger charge is -2.21. The second kappa shape index (κ2) is 14.5. The molecule has 2 aromatic carbocycles. The second-order valence-electron chi connectivity index (χ2n) is 8.11. The molecular formula is C27H34ClNO3. The van der Waals surface area contributed by atoms with E-state index in [0.29, 0.717) is 18.0 Å². The number of unbranched alkanes of at least 4 members (excludes halogenated alkanes) is 6. The van der Waals surface area contributed by atoms with E-state index < -0.39 is 11.9 Å². The largest absolute Gasteiger partial charge is 0.474 e. The van der Waals surface area contributed by atoms with E-state index in [1.165, 1.54) is 43.4 Å². The van der Waals surface area contributed by atoms with E-state index in [-0.39, 0.29) is 6.54 Å². The van der Waals surface area contributed by atoms with Gasteiger partial charge in [0.1, 0.15) is 0 Å². The average molecular weight is 456 g/mol. The van der Waals surface area contributed by atoms with Gasteiger partial charge in [-0.1, -0.05) is 99.2 Å². The minimum absolute atomic E-state index is 0.257. The molecule has 0 aliphatic rings. The van der Waals surface area contributed by atoms with Crippen molar-refractivity contribution >= 4 is 29.6 Å². The predicted octanol–water partition coefficient (Wildman–Crippen LogP) is 6.76. The van der Waals surface area contributed by atoms with Gasteiger partial charge in [0.25, 0.3) is 0 Å². The van der Waals surface area contributed by atoms with E-state index in [9.17, 15) is 14.7 Å². The maximum absolute atomic E-state index is 12.2. The number of carboxylic acids is 1. The lowest BCUT2D eigenvalue weighted by atomic mass is 10.1. The van der Waals surface area contributed by atoms with Gasteiger partial charge in [0.2, 0.25) is 0 Å². The summed E-state index contributed by atoms with van der Waals surface area (Å²) in [5.74, 6) is -2.33. The number of rotatable bonds is 13. The van der Waals surface area contributed by atoms with E-state index in [0.717, 1.165) is 23.1 Å². The molecule has 0 radical (unpaired) electrons. The summed E-state index contributed by atoms with van der Waals surface area (Å²) in [6.07, 6.45) is 13.7. The molecule has 32 heavy (non-hydrogen) atoms. The highest BCUT2D eigenvalue weighted by Gasteiger charge is 2.21. The molecule has 0 aromatic heterocycles. The Kier molecular flexibility index (Phi) is 11.6. The molecule has 0 aliphatic heterocycles. The standard InChI is InChI=1S/C27H34ClNO3/c1-2-3-4-5-6-7-8-9-11-22-14-16-24(17-15-22)21-29(26(30)27(31)32)19-18-23-12-10-13-25(28)20-23/h9-17,20H,2-8,18-19,21H2,1H3,(H,31,32). The normalized spacial score (nSPS) is 11.1. The van der Waals surface area contributed by atoms with Crippen LogP contribution in [0.3, 0.4) is 0 Å². The number of benzene rings is 2. The number of aliphatic carboxylic acids is 1. The number of halogens is 1. The van der Waals surface area contributed by atoms with Crippen LogP contribution in [0, 0.1) is 0 Å². The Morgan fingerprint density at radius 3 is 2.38 bits per heavy atom. The van der Waals surface area contributed by atoms with Gasteiger partial charge in [0.15, 0.2) is 0 Å². The molecule has 0 aliphatic carbocycles. The monoisotopic (exact) mass is 455 g/mol. The van der Waals surface area contributed by atoms with Crippen LogP contribution in [0.1, 0.15) is 68.6 Å². The number of carboxylic acid groups (broad SMARTS) is 1. The molecule has 5 heteroatoms. The summed E-state index contributed by atoms with van der Waals surface area (Å²) in [4.78, 5) is 24.8. The summed E-state index contributed by atoms with van der Waals surface area (Å²) in [6.45, 7) is 2.80. The molecule has 2 rings (SSSR count). The van der Waals surface area contributed by atoms with Gasteiger partial charge >= 0.3 is 11.9 Å². The molecule has 0 saturated heterocycles. The van der Waals surface area contributed by atoms with Crippen molar-refractivity contribution < 1.29 is 14.7 Å². The summed E-state index contributed by atoms with van der Waals surface area (Å²) >= 11 is 6.02. The third kappa shape index (κ3) is 9.69. The van der Waals surface area contributed by atoms with Crippen LogP contribution in [0.15, 0.2) is 54.6 Å². The Hall–Kier alpha value is -2.59. The summed E-state index contributed by atoms with van der Waals surface area (Å²) in [5, 5.41) is 9.82. The maximum atomic E-state index is 12.2. The minimum Gasteiger partial charge on any atom is -0.474 e. The number of allylic oxidation sites excluding steroid dienone is 1. The first-order valence-corrected chi connectivity index (χ1v) is 11.9. The molecule has 0 unspecified atom stereocenters. The molecule has 0 saturated carbocycles. The number of amides is 1. The van der Waals surface area contributed by atoms with E-state index in [1.807, 2.05) is 42.5 Å². The van der Waals surface area contributed by atoms with Crippen LogP contribution in [0.2, 0.25) is 5.02 Å². The van der Waals surface area contributed by atoms with Crippen molar-refractivity contribution in [1.29, 1.82) is 0 Å². The van der Waals surface area contributed by atoms with Crippen LogP contribution >= 0.6 is 11.6 Å². The van der Waals surface area contributed by atoms with Crippen molar-refractivity contribution in [2.75, 3.05) is 6.54 Å². The molecular weight excluding hydrogens is 422 g/mol. The SMILES string of the molecule is CCCCCCCCC=Cc1ccc(CN(CCc2cccc(Cl)c2)C(=O)C(=O)O)cc1. The smallest absolute Gasteiger partial charge is 0.394 e. The molecule has 1 N–H and O–H groups in total. The van der Waals surface area contributed by atoms with Crippen LogP contribution in [0.5, 0.6) is 0 Å². The third-order valence-electron chi connectivity index (χ3n) is 5.42. The molecule has 2 aromatic rings. The molecule has 172 valence electrons. The number of hydrogen-bond acceptors (Lipinski definition) is 2. The van der Waals surface area contributed by atoms with E-state index in [4.69, 9.17) is 11.6 Å². The highest BCUT2D eigenvalue weighted by atomic mass is 35.5. The van der Waals surface area contributed by atoms with Crippen LogP contribution in [0.4, 0.5) is 0 Å². The first-order valence-electron chi connectivity index (χ1n) is 11.5. The minimum atomic E-state index is -1.44. The quantitative estimate of drug-likeness (QED) is 0.268. The zero-order valence-corrected chi connectivity index (χ0v) is 19.7. The first kappa shape index (κ1) is 25.7. The topological polar surface area (TPSA) is 57.6 Å². The fraction of sp³-hybridized carbons (Fsp3) is 0.407. The number of nitrogens with zero attached hydrogens (tertiary/aromatic N) is 1. The maximum Gasteiger partial charge on any atom is 0.394 e. The van der Waals surface area contributed by atoms with Gasteiger partial charge < -0.3 is 10.0 Å². The third-order valence-corrected chi connectivity index (χ3v) is 5.65. The summed E-state index contributed by atoms with van der Waals surface area (Å²) < 4.78 is 0. The van der Waals surface area contributed by atoms with Crippen molar-refractivity contribution in [1.82, 2.24) is 4.90 Å². The molecule has 0 heterocycles. The Balaban J connectivity index is 1.87. The van der Waals surface area contributed by atoms with Crippen molar-refractivity contribution in [3.8, 4) is 0 Å². The zero-order valence-electron chi connectivity index (χ0n) is 18.9. The van der Waals surface area contributed by atoms with E-state index >= 15 is 0 Å². The summed E-state index contributed by atoms with van der Waals surface area (Å²) in [7, 11) is 0. The lowest BCUT2D eigenvalue weighted by Crippen LogP contribution is -2.37. The molecule has 0 spiro atoms. The molecule has 1 amide bonds. The van der Waals surface area contributed by atoms with Gasteiger partial charge in [-0.25, -0.2) is 4.79 Å². The molecule has 4 nitrogen and oxygen atoms in total. The van der Waals surface area contributed by atoms with Gasteiger partial charge in [-0.05, 0) is 48.1 Å². The number of hydrogen-bond donors (Lipinski definition) is 1. The number of carbonyl (C=O) groups excluding carboxylic acids is 1. The fourth-order valence-corrected chi connectivity index (χ4v) is 3.77. The highest BCUT2D eigenvalue weighted by Crippen LogP contribution is 2.14. The van der Waals surface area contributed by atoms with Crippen LogP contribution < -0.4 is 0 Å². The predicted molar refractivity (Wildman–Crippen MR) is 132 cm³/mol. The molecule has 0 bridgehead atoms. The van der Waals surface area contributed by atoms with Crippen molar-refractivity contribution in [3.05, 3.63) is 76.3 Å². The first-order chi connectivity index (χ1) is 15.5. The molecule has 0 atom stereocenters. The lowest BCUT2D eigenvalue weighted by molar-refractivity contribution is -0.156. The average Bonchev–Trinajstić information content (AvgIpc) is 2.79. The Morgan fingerprint density at radius 1 is 0.969 bits per heavy atom. The van der Waals surface area contributed by atoms with Gasteiger partial charge in [0, 0.05) is 18.1 Å². The van der Waals surface area contributed by atoms with Crippen LogP contribution in [0.25, 0.3) is 6.08 Å². The summed E-state index contributed by atoms with van der Waals surface area (Å²) in [5.41, 5.74) is 2.97. The van der Waals surface area contributed by atoms with E-state index in [1.54, 1.807) is 6.07 Å². The Bertz CT molecular complexity index is 877. The second-order valence-corrected chi connectivity index (χ2v) is 8.55. The Labute approximate surface area is 196 Å². The van der Waals surface area contributed by atoms with Gasteiger partial charge in [-0.3, -0.25) is 4.79 Å². The highest BCUT2D eigenvalue weighted by molar-refractivity contribution is 6.31. The zero-order chi connectivity index (χ0) is 23.2. The van der Waals surface area contributed by atoms with Gasteiger partial charge in [-0.15, -0.1) is 0 Å². The van der Waals surface area contributed by atoms with Crippen LogP contribution in [-0.4, -0.2) is 28.4 Å². The van der Waals surface area contributed by atoms with Crippen LogP contribution in [-0.2, 0) is 22.6 Å². The van der Waals surface area contributed by atoms with Crippen molar-refractivity contribution in [2.45, 2.75) is 64.8 Å². The van der Waals surface area contributed by atoms with Gasteiger partial charge in [0.05, 0.1) is 0 Å². The number of carbonyl (C=O) groups is 2. The van der Waals surface area contributed by atoms with Gasteiger partial charge in [-0.2, -0.15) is 0 Å². The Morgan fingerprint density at radius 2 is 1.69 bits per heavy atom. The van der Waals surface area contributed by atoms with E-state index in [2.05, 4.69) is 19.1 Å². The van der Waals surface area contributed by atoms with Crippen molar-refractivity contribution in [2.24, 2.45) is 0 Å².